The molecule has 0 unspecified atom stereocenters. The van der Waals surface area contributed by atoms with Crippen molar-refractivity contribution in [3.8, 4) is 0 Å². The van der Waals surface area contributed by atoms with Gasteiger partial charge in [0.05, 0.1) is 0 Å². The van der Waals surface area contributed by atoms with Crippen LogP contribution in [0.25, 0.3) is 0 Å². The van der Waals surface area contributed by atoms with E-state index in [2.05, 4.69) is 17.6 Å². The maximum atomic E-state index is 11.2. The minimum Gasteiger partial charge on any atom is -0.338 e. The third kappa shape index (κ3) is 2.90. The Kier molecular flexibility index (Phi) is 2.42. The van der Waals surface area contributed by atoms with Gasteiger partial charge in [0.15, 0.2) is 0 Å². The second-order valence-corrected chi connectivity index (χ2v) is 4.45. The van der Waals surface area contributed by atoms with Crippen LogP contribution in [0.5, 0.6) is 0 Å². The molecule has 2 rings (SSSR count). The zero-order chi connectivity index (χ0) is 9.26. The third-order valence-electron chi connectivity index (χ3n) is 2.96. The van der Waals surface area contributed by atoms with Crippen LogP contribution in [0.3, 0.4) is 0 Å². The number of nitrogens with one attached hydrogen (secondary N) is 2. The average Bonchev–Trinajstić information content (AvgIpc) is 2.93. The van der Waals surface area contributed by atoms with E-state index in [0.29, 0.717) is 12.0 Å². The van der Waals surface area contributed by atoms with Gasteiger partial charge in [-0.05, 0) is 24.7 Å². The quantitative estimate of drug-likeness (QED) is 0.679. The monoisotopic (exact) mass is 182 g/mol. The number of urea groups is 1. The molecule has 13 heavy (non-hydrogen) atoms. The Morgan fingerprint density at radius 1 is 1.46 bits per heavy atom. The van der Waals surface area contributed by atoms with Crippen LogP contribution in [0.4, 0.5) is 4.79 Å². The Labute approximate surface area is 79.3 Å². The summed E-state index contributed by atoms with van der Waals surface area (Å²) in [5.74, 6) is 1.59. The van der Waals surface area contributed by atoms with Gasteiger partial charge in [0, 0.05) is 12.6 Å². The first-order valence-electron chi connectivity index (χ1n) is 5.30. The fourth-order valence-electron chi connectivity index (χ4n) is 1.54. The van der Waals surface area contributed by atoms with Crippen molar-refractivity contribution in [3.05, 3.63) is 0 Å². The predicted molar refractivity (Wildman–Crippen MR) is 51.4 cm³/mol. The molecule has 74 valence electrons. The van der Waals surface area contributed by atoms with E-state index in [1.165, 1.54) is 12.8 Å². The molecular weight excluding hydrogens is 164 g/mol. The smallest absolute Gasteiger partial charge is 0.315 e. The third-order valence-corrected chi connectivity index (χ3v) is 2.96. The SMILES string of the molecule is C[C@@H]1C[C@H]1NC(=O)NCCC1CC1. The lowest BCUT2D eigenvalue weighted by molar-refractivity contribution is 0.240. The molecule has 0 aliphatic heterocycles. The molecule has 0 aromatic carbocycles. The van der Waals surface area contributed by atoms with E-state index in [-0.39, 0.29) is 6.03 Å². The van der Waals surface area contributed by atoms with E-state index in [1.807, 2.05) is 0 Å². The molecule has 0 heterocycles. The molecule has 0 bridgehead atoms. The van der Waals surface area contributed by atoms with E-state index in [0.717, 1.165) is 25.3 Å². The number of carbonyl (C=O) groups excluding carboxylic acids is 1. The van der Waals surface area contributed by atoms with Crippen molar-refractivity contribution in [2.24, 2.45) is 11.8 Å². The summed E-state index contributed by atoms with van der Waals surface area (Å²) in [4.78, 5) is 11.2. The van der Waals surface area contributed by atoms with E-state index >= 15 is 0 Å². The van der Waals surface area contributed by atoms with Crippen molar-refractivity contribution in [1.29, 1.82) is 0 Å². The first-order valence-corrected chi connectivity index (χ1v) is 5.30. The molecule has 2 amide bonds. The van der Waals surface area contributed by atoms with Gasteiger partial charge in [0.25, 0.3) is 0 Å². The van der Waals surface area contributed by atoms with Crippen LogP contribution < -0.4 is 10.6 Å². The Morgan fingerprint density at radius 3 is 2.69 bits per heavy atom. The summed E-state index contributed by atoms with van der Waals surface area (Å²) in [5.41, 5.74) is 0. The summed E-state index contributed by atoms with van der Waals surface area (Å²) < 4.78 is 0. The second kappa shape index (κ2) is 3.56. The van der Waals surface area contributed by atoms with E-state index in [4.69, 9.17) is 0 Å². The highest BCUT2D eigenvalue weighted by Crippen LogP contribution is 2.31. The van der Waals surface area contributed by atoms with Gasteiger partial charge in [0.2, 0.25) is 0 Å². The molecule has 2 fully saturated rings. The first kappa shape index (κ1) is 8.85. The van der Waals surface area contributed by atoms with Crippen LogP contribution in [0.1, 0.15) is 32.6 Å². The Morgan fingerprint density at radius 2 is 2.15 bits per heavy atom. The Balaban J connectivity index is 1.50. The highest BCUT2D eigenvalue weighted by Gasteiger charge is 2.33. The van der Waals surface area contributed by atoms with E-state index in [9.17, 15) is 4.79 Å². The lowest BCUT2D eigenvalue weighted by Crippen LogP contribution is -2.37. The molecule has 0 radical (unpaired) electrons. The minimum atomic E-state index is 0.0231. The van der Waals surface area contributed by atoms with Crippen molar-refractivity contribution < 1.29 is 4.79 Å². The molecule has 3 heteroatoms. The van der Waals surface area contributed by atoms with Crippen molar-refractivity contribution in [2.45, 2.75) is 38.6 Å². The van der Waals surface area contributed by atoms with Gasteiger partial charge in [-0.3, -0.25) is 0 Å². The maximum absolute atomic E-state index is 11.2. The van der Waals surface area contributed by atoms with E-state index in [1.54, 1.807) is 0 Å². The fourth-order valence-corrected chi connectivity index (χ4v) is 1.54. The summed E-state index contributed by atoms with van der Waals surface area (Å²) in [5, 5.41) is 5.84. The second-order valence-electron chi connectivity index (χ2n) is 4.45. The molecule has 0 spiro atoms. The van der Waals surface area contributed by atoms with Gasteiger partial charge >= 0.3 is 6.03 Å². The molecule has 2 aliphatic rings. The van der Waals surface area contributed by atoms with Crippen molar-refractivity contribution >= 4 is 6.03 Å². The molecule has 0 aromatic rings. The molecule has 2 aliphatic carbocycles. The molecule has 2 N–H and O–H groups in total. The first-order chi connectivity index (χ1) is 6.25. The Hall–Kier alpha value is -0.730. The van der Waals surface area contributed by atoms with Crippen LogP contribution in [0.15, 0.2) is 0 Å². The normalized spacial score (nSPS) is 31.2. The summed E-state index contributed by atoms with van der Waals surface area (Å²) in [6.07, 6.45) is 5.04. The summed E-state index contributed by atoms with van der Waals surface area (Å²) in [6, 6.07) is 0.468. The standard InChI is InChI=1S/C10H18N2O/c1-7-6-9(7)12-10(13)11-5-4-8-2-3-8/h7-9H,2-6H2,1H3,(H2,11,12,13)/t7-,9-/m1/s1. The zero-order valence-corrected chi connectivity index (χ0v) is 8.18. The van der Waals surface area contributed by atoms with Gasteiger partial charge < -0.3 is 10.6 Å². The highest BCUT2D eigenvalue weighted by atomic mass is 16.2. The maximum Gasteiger partial charge on any atom is 0.315 e. The van der Waals surface area contributed by atoms with Crippen LogP contribution in [-0.2, 0) is 0 Å². The number of hydrogen-bond donors (Lipinski definition) is 2. The van der Waals surface area contributed by atoms with Crippen LogP contribution in [-0.4, -0.2) is 18.6 Å². The van der Waals surface area contributed by atoms with Crippen LogP contribution in [0, 0.1) is 11.8 Å². The minimum absolute atomic E-state index is 0.0231. The highest BCUT2D eigenvalue weighted by molar-refractivity contribution is 5.74. The number of amides is 2. The number of carbonyl (C=O) groups is 1. The molecule has 2 atom stereocenters. The van der Waals surface area contributed by atoms with Crippen molar-refractivity contribution in [3.63, 3.8) is 0 Å². The summed E-state index contributed by atoms with van der Waals surface area (Å²) in [7, 11) is 0. The summed E-state index contributed by atoms with van der Waals surface area (Å²) in [6.45, 7) is 3.01. The van der Waals surface area contributed by atoms with Gasteiger partial charge in [-0.2, -0.15) is 0 Å². The summed E-state index contributed by atoms with van der Waals surface area (Å²) >= 11 is 0. The lowest BCUT2D eigenvalue weighted by atomic mass is 10.3. The molecule has 3 nitrogen and oxygen atoms in total. The number of rotatable bonds is 4. The van der Waals surface area contributed by atoms with Crippen LogP contribution in [0.2, 0.25) is 0 Å². The number of hydrogen-bond acceptors (Lipinski definition) is 1. The van der Waals surface area contributed by atoms with Crippen molar-refractivity contribution in [1.82, 2.24) is 10.6 Å². The molecule has 0 saturated heterocycles. The van der Waals surface area contributed by atoms with Gasteiger partial charge in [-0.15, -0.1) is 0 Å². The largest absolute Gasteiger partial charge is 0.338 e. The molecule has 2 saturated carbocycles. The van der Waals surface area contributed by atoms with Gasteiger partial charge in [0.1, 0.15) is 0 Å². The van der Waals surface area contributed by atoms with Gasteiger partial charge in [-0.1, -0.05) is 19.8 Å². The average molecular weight is 182 g/mol. The molecule has 0 aromatic heterocycles. The zero-order valence-electron chi connectivity index (χ0n) is 8.18. The lowest BCUT2D eigenvalue weighted by Gasteiger charge is -2.05. The Bertz CT molecular complexity index is 201. The van der Waals surface area contributed by atoms with Crippen LogP contribution >= 0.6 is 0 Å². The van der Waals surface area contributed by atoms with Crippen molar-refractivity contribution in [2.75, 3.05) is 6.54 Å². The fraction of sp³-hybridized carbons (Fsp3) is 0.900. The predicted octanol–water partition coefficient (Wildman–Crippen LogP) is 1.49. The molecular formula is C10H18N2O. The van der Waals surface area contributed by atoms with Gasteiger partial charge in [-0.25, -0.2) is 4.79 Å². The van der Waals surface area contributed by atoms with E-state index < -0.39 is 0 Å². The topological polar surface area (TPSA) is 41.1 Å².